The number of carbonyl (C=O) groups is 1. The first kappa shape index (κ1) is 20.7. The minimum Gasteiger partial charge on any atom is -0.468 e. The van der Waals surface area contributed by atoms with Crippen LogP contribution in [0.15, 0.2) is 29.0 Å². The van der Waals surface area contributed by atoms with Crippen LogP contribution in [-0.4, -0.2) is 50.0 Å². The molecular weight excluding hydrogens is 380 g/mol. The molecule has 1 amide bonds. The molecule has 3 aromatic heterocycles. The van der Waals surface area contributed by atoms with Crippen LogP contribution in [0, 0.1) is 6.92 Å². The quantitative estimate of drug-likeness (QED) is 0.614. The third-order valence-electron chi connectivity index (χ3n) is 6.01. The van der Waals surface area contributed by atoms with Crippen molar-refractivity contribution in [2.45, 2.75) is 65.1 Å². The molecular formula is C22H32N6O2. The van der Waals surface area contributed by atoms with Gasteiger partial charge in [0.15, 0.2) is 0 Å². The monoisotopic (exact) mass is 412 g/mol. The number of amides is 1. The molecule has 4 heterocycles. The molecule has 3 aromatic rings. The molecule has 4 rings (SSSR count). The van der Waals surface area contributed by atoms with Crippen LogP contribution in [0.4, 0.5) is 0 Å². The summed E-state index contributed by atoms with van der Waals surface area (Å²) in [5.74, 6) is 0.958. The lowest BCUT2D eigenvalue weighted by molar-refractivity contribution is -0.121. The van der Waals surface area contributed by atoms with Crippen LogP contribution < -0.4 is 5.32 Å². The van der Waals surface area contributed by atoms with E-state index >= 15 is 0 Å². The minimum absolute atomic E-state index is 0.0329. The highest BCUT2D eigenvalue weighted by Gasteiger charge is 2.24. The maximum absolute atomic E-state index is 12.6. The molecule has 30 heavy (non-hydrogen) atoms. The zero-order valence-electron chi connectivity index (χ0n) is 18.0. The van der Waals surface area contributed by atoms with E-state index in [1.54, 1.807) is 6.26 Å². The predicted octanol–water partition coefficient (Wildman–Crippen LogP) is 3.28. The molecule has 0 bridgehead atoms. The Labute approximate surface area is 177 Å². The summed E-state index contributed by atoms with van der Waals surface area (Å²) in [6.45, 7) is 8.06. The second kappa shape index (κ2) is 9.47. The average molecular weight is 413 g/mol. The largest absolute Gasteiger partial charge is 0.468 e. The maximum Gasteiger partial charge on any atom is 0.221 e. The van der Waals surface area contributed by atoms with Crippen molar-refractivity contribution in [3.63, 3.8) is 0 Å². The Morgan fingerprint density at radius 1 is 1.23 bits per heavy atom. The van der Waals surface area contributed by atoms with Gasteiger partial charge in [-0.15, -0.1) is 0 Å². The van der Waals surface area contributed by atoms with Crippen molar-refractivity contribution >= 4 is 16.9 Å². The van der Waals surface area contributed by atoms with E-state index in [9.17, 15) is 4.79 Å². The Hall–Kier alpha value is -2.61. The zero-order chi connectivity index (χ0) is 20.9. The van der Waals surface area contributed by atoms with Crippen LogP contribution in [0.1, 0.15) is 56.5 Å². The SMILES string of the molecule is CCn1nc(C)c2c1cnn2CCC(=O)NCC(c1ccco1)N1CCCCCC1. The fourth-order valence-electron chi connectivity index (χ4n) is 4.43. The first-order valence-corrected chi connectivity index (χ1v) is 11.1. The number of carbonyl (C=O) groups excluding carboxylic acids is 1. The van der Waals surface area contributed by atoms with Gasteiger partial charge < -0.3 is 9.73 Å². The molecule has 8 heteroatoms. The highest BCUT2D eigenvalue weighted by Crippen LogP contribution is 2.24. The highest BCUT2D eigenvalue weighted by atomic mass is 16.3. The van der Waals surface area contributed by atoms with E-state index in [0.29, 0.717) is 19.5 Å². The number of aryl methyl sites for hydroxylation is 3. The van der Waals surface area contributed by atoms with Gasteiger partial charge in [-0.25, -0.2) is 0 Å². The molecule has 1 aliphatic heterocycles. The fourth-order valence-corrected chi connectivity index (χ4v) is 4.43. The molecule has 1 N–H and O–H groups in total. The van der Waals surface area contributed by atoms with Gasteiger partial charge >= 0.3 is 0 Å². The third kappa shape index (κ3) is 4.43. The molecule has 1 atom stereocenters. The predicted molar refractivity (Wildman–Crippen MR) is 115 cm³/mol. The van der Waals surface area contributed by atoms with Gasteiger partial charge in [0.1, 0.15) is 16.8 Å². The molecule has 0 saturated carbocycles. The zero-order valence-corrected chi connectivity index (χ0v) is 18.0. The molecule has 1 unspecified atom stereocenters. The van der Waals surface area contributed by atoms with Crippen LogP contribution in [0.3, 0.4) is 0 Å². The number of aromatic nitrogens is 4. The summed E-state index contributed by atoms with van der Waals surface area (Å²) < 4.78 is 9.54. The maximum atomic E-state index is 12.6. The molecule has 0 aliphatic carbocycles. The van der Waals surface area contributed by atoms with E-state index in [2.05, 4.69) is 27.3 Å². The third-order valence-corrected chi connectivity index (χ3v) is 6.01. The number of hydrogen-bond donors (Lipinski definition) is 1. The van der Waals surface area contributed by atoms with E-state index in [1.807, 2.05) is 34.6 Å². The van der Waals surface area contributed by atoms with Gasteiger partial charge in [0.2, 0.25) is 5.91 Å². The van der Waals surface area contributed by atoms with Gasteiger partial charge in [-0.2, -0.15) is 10.2 Å². The smallest absolute Gasteiger partial charge is 0.221 e. The van der Waals surface area contributed by atoms with Crippen LogP contribution in [0.25, 0.3) is 11.0 Å². The molecule has 1 saturated heterocycles. The topological polar surface area (TPSA) is 81.1 Å². The van der Waals surface area contributed by atoms with Crippen LogP contribution in [0.5, 0.6) is 0 Å². The Morgan fingerprint density at radius 3 is 2.73 bits per heavy atom. The van der Waals surface area contributed by atoms with Gasteiger partial charge in [0, 0.05) is 19.5 Å². The fraction of sp³-hybridized carbons (Fsp3) is 0.591. The van der Waals surface area contributed by atoms with Gasteiger partial charge in [0.05, 0.1) is 30.7 Å². The molecule has 0 aromatic carbocycles. The number of nitrogens with zero attached hydrogens (tertiary/aromatic N) is 5. The summed E-state index contributed by atoms with van der Waals surface area (Å²) in [6, 6.07) is 4.02. The summed E-state index contributed by atoms with van der Waals surface area (Å²) in [4.78, 5) is 15.1. The van der Waals surface area contributed by atoms with Gasteiger partial charge in [-0.05, 0) is 51.9 Å². The summed E-state index contributed by atoms with van der Waals surface area (Å²) >= 11 is 0. The van der Waals surface area contributed by atoms with Crippen molar-refractivity contribution in [2.75, 3.05) is 19.6 Å². The van der Waals surface area contributed by atoms with Crippen molar-refractivity contribution in [3.8, 4) is 0 Å². The number of rotatable bonds is 8. The van der Waals surface area contributed by atoms with Crippen molar-refractivity contribution < 1.29 is 9.21 Å². The Morgan fingerprint density at radius 2 is 2.03 bits per heavy atom. The van der Waals surface area contributed by atoms with Crippen molar-refractivity contribution in [1.82, 2.24) is 29.8 Å². The van der Waals surface area contributed by atoms with Crippen LogP contribution in [0.2, 0.25) is 0 Å². The Kier molecular flexibility index (Phi) is 6.52. The van der Waals surface area contributed by atoms with E-state index in [0.717, 1.165) is 42.1 Å². The van der Waals surface area contributed by atoms with E-state index in [4.69, 9.17) is 4.42 Å². The highest BCUT2D eigenvalue weighted by molar-refractivity contribution is 5.78. The van der Waals surface area contributed by atoms with Crippen LogP contribution in [-0.2, 0) is 17.9 Å². The van der Waals surface area contributed by atoms with Crippen LogP contribution >= 0.6 is 0 Å². The number of furan rings is 1. The summed E-state index contributed by atoms with van der Waals surface area (Å²) in [5.41, 5.74) is 2.99. The lowest BCUT2D eigenvalue weighted by Crippen LogP contribution is -2.38. The first-order valence-electron chi connectivity index (χ1n) is 11.1. The van der Waals surface area contributed by atoms with Gasteiger partial charge in [-0.3, -0.25) is 19.1 Å². The molecule has 162 valence electrons. The van der Waals surface area contributed by atoms with E-state index in [1.165, 1.54) is 25.7 Å². The molecule has 0 radical (unpaired) electrons. The summed E-state index contributed by atoms with van der Waals surface area (Å²) in [5, 5.41) is 12.1. The normalized spacial score (nSPS) is 16.6. The summed E-state index contributed by atoms with van der Waals surface area (Å²) in [7, 11) is 0. The standard InChI is InChI=1S/C22H32N6O2/c1-3-27-19-16-24-28(22(19)17(2)25-27)13-10-21(29)23-15-18(20-9-8-14-30-20)26-11-6-4-5-7-12-26/h8-9,14,16,18H,3-7,10-13,15H2,1-2H3,(H,23,29). The molecule has 0 spiro atoms. The van der Waals surface area contributed by atoms with Gasteiger partial charge in [0.25, 0.3) is 0 Å². The van der Waals surface area contributed by atoms with Crippen molar-refractivity contribution in [2.24, 2.45) is 0 Å². The Bertz CT molecular complexity index is 950. The number of fused-ring (bicyclic) bond motifs is 1. The Balaban J connectivity index is 1.36. The second-order valence-electron chi connectivity index (χ2n) is 8.04. The van der Waals surface area contributed by atoms with Gasteiger partial charge in [-0.1, -0.05) is 12.8 Å². The number of hydrogen-bond acceptors (Lipinski definition) is 5. The lowest BCUT2D eigenvalue weighted by atomic mass is 10.1. The lowest BCUT2D eigenvalue weighted by Gasteiger charge is -2.29. The first-order chi connectivity index (χ1) is 14.7. The number of likely N-dealkylation sites (tertiary alicyclic amines) is 1. The van der Waals surface area contributed by atoms with Crippen molar-refractivity contribution in [3.05, 3.63) is 36.0 Å². The average Bonchev–Trinajstić information content (AvgIpc) is 3.43. The second-order valence-corrected chi connectivity index (χ2v) is 8.04. The van der Waals surface area contributed by atoms with E-state index < -0.39 is 0 Å². The molecule has 1 aliphatic rings. The van der Waals surface area contributed by atoms with E-state index in [-0.39, 0.29) is 11.9 Å². The molecule has 1 fully saturated rings. The van der Waals surface area contributed by atoms with Crippen molar-refractivity contribution in [1.29, 1.82) is 0 Å². The minimum atomic E-state index is 0.0329. The molecule has 8 nitrogen and oxygen atoms in total. The summed E-state index contributed by atoms with van der Waals surface area (Å²) in [6.07, 6.45) is 8.89. The number of nitrogens with one attached hydrogen (secondary N) is 1.